The third-order valence-corrected chi connectivity index (χ3v) is 4.07. The van der Waals surface area contributed by atoms with Crippen LogP contribution in [0.3, 0.4) is 0 Å². The molecular weight excluding hydrogens is 360 g/mol. The van der Waals surface area contributed by atoms with Crippen molar-refractivity contribution in [3.05, 3.63) is 41.5 Å². The Morgan fingerprint density at radius 3 is 2.44 bits per heavy atom. The van der Waals surface area contributed by atoms with Crippen LogP contribution in [-0.2, 0) is 14.2 Å². The molecule has 0 saturated carbocycles. The molecule has 5 N–H and O–H groups in total. The van der Waals surface area contributed by atoms with E-state index in [0.29, 0.717) is 5.57 Å². The Kier molecular flexibility index (Phi) is 7.72. The van der Waals surface area contributed by atoms with Gasteiger partial charge in [-0.05, 0) is 36.8 Å². The lowest BCUT2D eigenvalue weighted by Gasteiger charge is -2.40. The summed E-state index contributed by atoms with van der Waals surface area (Å²) < 4.78 is 15.9. The molecule has 1 aromatic rings. The fourth-order valence-corrected chi connectivity index (χ4v) is 2.46. The van der Waals surface area contributed by atoms with Gasteiger partial charge >= 0.3 is 5.97 Å². The van der Waals surface area contributed by atoms with Crippen LogP contribution in [0.25, 0.3) is 0 Å². The molecule has 5 atom stereocenters. The summed E-state index contributed by atoms with van der Waals surface area (Å²) in [5.41, 5.74) is 0.875. The Labute approximate surface area is 156 Å². The average molecular weight is 384 g/mol. The van der Waals surface area contributed by atoms with Gasteiger partial charge in [0.1, 0.15) is 36.8 Å². The second-order valence-electron chi connectivity index (χ2n) is 6.20. The van der Waals surface area contributed by atoms with Crippen molar-refractivity contribution in [3.63, 3.8) is 0 Å². The zero-order valence-electron chi connectivity index (χ0n) is 14.8. The molecule has 1 fully saturated rings. The van der Waals surface area contributed by atoms with Crippen molar-refractivity contribution in [1.82, 2.24) is 0 Å². The molecule has 1 aliphatic rings. The van der Waals surface area contributed by atoms with Crippen LogP contribution < -0.4 is 0 Å². The molecule has 1 saturated heterocycles. The topological polar surface area (TPSA) is 146 Å². The lowest BCUT2D eigenvalue weighted by Crippen LogP contribution is -2.59. The van der Waals surface area contributed by atoms with Gasteiger partial charge in [-0.2, -0.15) is 0 Å². The Morgan fingerprint density at radius 2 is 1.81 bits per heavy atom. The summed E-state index contributed by atoms with van der Waals surface area (Å²) in [4.78, 5) is 12.0. The molecule has 0 radical (unpaired) electrons. The molecule has 2 rings (SSSR count). The maximum Gasteiger partial charge on any atom is 0.338 e. The summed E-state index contributed by atoms with van der Waals surface area (Å²) in [6.45, 7) is 1.19. The van der Waals surface area contributed by atoms with Crippen molar-refractivity contribution < 1.29 is 44.5 Å². The number of carbonyl (C=O) groups is 1. The number of hydrogen-bond acceptors (Lipinski definition) is 9. The monoisotopic (exact) mass is 384 g/mol. The predicted octanol–water partition coefficient (Wildman–Crippen LogP) is -0.688. The number of rotatable bonds is 7. The Balaban J connectivity index is 1.95. The molecule has 150 valence electrons. The van der Waals surface area contributed by atoms with Crippen LogP contribution in [0, 0.1) is 0 Å². The van der Waals surface area contributed by atoms with Crippen molar-refractivity contribution in [1.29, 1.82) is 0 Å². The number of ether oxygens (including phenoxy) is 3. The predicted molar refractivity (Wildman–Crippen MR) is 91.9 cm³/mol. The highest BCUT2D eigenvalue weighted by atomic mass is 16.7. The SMILES string of the molecule is C/C(=C\CO)CO[C@@H]1O[C@H](COC(=O)c2ccc(O)cc2)[C@@H](O)[C@H](O)[C@H]1O. The van der Waals surface area contributed by atoms with Crippen LogP contribution >= 0.6 is 0 Å². The molecule has 0 bridgehead atoms. The Bertz CT molecular complexity index is 643. The molecule has 0 spiro atoms. The molecule has 0 unspecified atom stereocenters. The summed E-state index contributed by atoms with van der Waals surface area (Å²) >= 11 is 0. The number of benzene rings is 1. The highest BCUT2D eigenvalue weighted by molar-refractivity contribution is 5.89. The molecule has 27 heavy (non-hydrogen) atoms. The second-order valence-corrected chi connectivity index (χ2v) is 6.20. The minimum atomic E-state index is -1.55. The van der Waals surface area contributed by atoms with Gasteiger partial charge in [0.15, 0.2) is 6.29 Å². The van der Waals surface area contributed by atoms with E-state index in [0.717, 1.165) is 0 Å². The van der Waals surface area contributed by atoms with Crippen molar-refractivity contribution in [2.45, 2.75) is 37.6 Å². The quantitative estimate of drug-likeness (QED) is 0.304. The van der Waals surface area contributed by atoms with E-state index in [1.165, 1.54) is 30.3 Å². The van der Waals surface area contributed by atoms with Gasteiger partial charge in [-0.15, -0.1) is 0 Å². The second kappa shape index (κ2) is 9.79. The van der Waals surface area contributed by atoms with E-state index >= 15 is 0 Å². The van der Waals surface area contributed by atoms with Crippen molar-refractivity contribution in [3.8, 4) is 5.75 Å². The van der Waals surface area contributed by atoms with Gasteiger partial charge in [-0.3, -0.25) is 0 Å². The van der Waals surface area contributed by atoms with Gasteiger partial charge in [0.25, 0.3) is 0 Å². The van der Waals surface area contributed by atoms with E-state index in [9.17, 15) is 25.2 Å². The van der Waals surface area contributed by atoms with Gasteiger partial charge in [0, 0.05) is 0 Å². The zero-order chi connectivity index (χ0) is 20.0. The number of carbonyl (C=O) groups excluding carboxylic acids is 1. The van der Waals surface area contributed by atoms with Gasteiger partial charge in [0.05, 0.1) is 18.8 Å². The van der Waals surface area contributed by atoms with E-state index in [2.05, 4.69) is 0 Å². The van der Waals surface area contributed by atoms with E-state index < -0.39 is 36.7 Å². The fourth-order valence-electron chi connectivity index (χ4n) is 2.46. The number of aromatic hydroxyl groups is 1. The number of esters is 1. The van der Waals surface area contributed by atoms with Crippen LogP contribution in [-0.4, -0.2) is 82.0 Å². The maximum atomic E-state index is 12.0. The highest BCUT2D eigenvalue weighted by Crippen LogP contribution is 2.23. The van der Waals surface area contributed by atoms with E-state index in [1.807, 2.05) is 0 Å². The summed E-state index contributed by atoms with van der Waals surface area (Å²) in [5.74, 6) is -0.703. The summed E-state index contributed by atoms with van der Waals surface area (Å²) in [5, 5.41) is 48.1. The zero-order valence-corrected chi connectivity index (χ0v) is 14.8. The summed E-state index contributed by atoms with van der Waals surface area (Å²) in [6.07, 6.45) is -5.38. The lowest BCUT2D eigenvalue weighted by atomic mass is 9.99. The maximum absolute atomic E-state index is 12.0. The van der Waals surface area contributed by atoms with Crippen LogP contribution in [0.1, 0.15) is 17.3 Å². The number of aliphatic hydroxyl groups excluding tert-OH is 4. The molecule has 1 heterocycles. The molecule has 9 heteroatoms. The Morgan fingerprint density at radius 1 is 1.15 bits per heavy atom. The summed E-state index contributed by atoms with van der Waals surface area (Å²) in [6, 6.07) is 5.40. The smallest absolute Gasteiger partial charge is 0.338 e. The minimum absolute atomic E-state index is 0.000211. The van der Waals surface area contributed by atoms with Crippen LogP contribution in [0.15, 0.2) is 35.9 Å². The number of phenolic OH excluding ortho intramolecular Hbond substituents is 1. The number of aliphatic hydroxyl groups is 4. The van der Waals surface area contributed by atoms with Gasteiger partial charge in [-0.25, -0.2) is 4.79 Å². The van der Waals surface area contributed by atoms with Crippen molar-refractivity contribution in [2.75, 3.05) is 19.8 Å². The van der Waals surface area contributed by atoms with Gasteiger partial charge in [-0.1, -0.05) is 6.08 Å². The average Bonchev–Trinajstić information content (AvgIpc) is 2.65. The van der Waals surface area contributed by atoms with Crippen molar-refractivity contribution >= 4 is 5.97 Å². The van der Waals surface area contributed by atoms with Gasteiger partial charge < -0.3 is 39.7 Å². The molecule has 0 aliphatic carbocycles. The molecule has 1 aromatic carbocycles. The fraction of sp³-hybridized carbons (Fsp3) is 0.500. The largest absolute Gasteiger partial charge is 0.508 e. The number of hydrogen-bond donors (Lipinski definition) is 5. The molecule has 9 nitrogen and oxygen atoms in total. The first-order chi connectivity index (χ1) is 12.8. The van der Waals surface area contributed by atoms with Gasteiger partial charge in [0.2, 0.25) is 0 Å². The normalized spacial score (nSPS) is 28.8. The van der Waals surface area contributed by atoms with E-state index in [1.54, 1.807) is 6.92 Å². The first-order valence-electron chi connectivity index (χ1n) is 8.37. The van der Waals surface area contributed by atoms with E-state index in [-0.39, 0.29) is 31.1 Å². The van der Waals surface area contributed by atoms with Crippen molar-refractivity contribution in [2.24, 2.45) is 0 Å². The summed E-state index contributed by atoms with van der Waals surface area (Å²) in [7, 11) is 0. The molecule has 0 amide bonds. The minimum Gasteiger partial charge on any atom is -0.508 e. The first-order valence-corrected chi connectivity index (χ1v) is 8.37. The molecule has 1 aliphatic heterocycles. The van der Waals surface area contributed by atoms with E-state index in [4.69, 9.17) is 19.3 Å². The van der Waals surface area contributed by atoms with Crippen LogP contribution in [0.2, 0.25) is 0 Å². The third kappa shape index (κ3) is 5.73. The Hall–Kier alpha value is -2.01. The third-order valence-electron chi connectivity index (χ3n) is 4.07. The lowest BCUT2D eigenvalue weighted by molar-refractivity contribution is -0.298. The first kappa shape index (κ1) is 21.3. The molecular formula is C18H24O9. The highest BCUT2D eigenvalue weighted by Gasteiger charge is 2.44. The standard InChI is InChI=1S/C18H24O9/c1-10(6-7-19)8-26-18-16(23)15(22)14(21)13(27-18)9-25-17(24)11-2-4-12(20)5-3-11/h2-6,13-16,18-23H,7-9H2,1H3/b10-6+/t13-,14-,15+,16-,18-/m1/s1. The molecule has 0 aromatic heterocycles. The number of phenols is 1. The van der Waals surface area contributed by atoms with Crippen LogP contribution in [0.4, 0.5) is 0 Å². The van der Waals surface area contributed by atoms with Crippen LogP contribution in [0.5, 0.6) is 5.75 Å².